The first-order valence-electron chi connectivity index (χ1n) is 7.67. The number of benzene rings is 2. The molecule has 1 amide bonds. The van der Waals surface area contributed by atoms with E-state index in [0.29, 0.717) is 24.2 Å². The van der Waals surface area contributed by atoms with Gasteiger partial charge in [0.05, 0.1) is 4.90 Å². The van der Waals surface area contributed by atoms with Gasteiger partial charge in [0.25, 0.3) is 10.0 Å². The van der Waals surface area contributed by atoms with Gasteiger partial charge >= 0.3 is 0 Å². The first-order valence-corrected chi connectivity index (χ1v) is 9.16. The molecule has 1 N–H and O–H groups in total. The summed E-state index contributed by atoms with van der Waals surface area (Å²) in [6.07, 6.45) is 1.22. The molecule has 1 heterocycles. The molecule has 1 fully saturated rings. The van der Waals surface area contributed by atoms with E-state index in [4.69, 9.17) is 0 Å². The zero-order valence-corrected chi connectivity index (χ0v) is 14.2. The summed E-state index contributed by atoms with van der Waals surface area (Å²) >= 11 is 0. The van der Waals surface area contributed by atoms with Crippen LogP contribution in [0.15, 0.2) is 41.3 Å². The summed E-state index contributed by atoms with van der Waals surface area (Å²) in [6.45, 7) is 2.27. The molecule has 0 atom stereocenters. The van der Waals surface area contributed by atoms with E-state index in [1.165, 1.54) is 18.2 Å². The molecule has 0 aliphatic carbocycles. The van der Waals surface area contributed by atoms with Gasteiger partial charge in [-0.05, 0) is 49.2 Å². The molecule has 2 aromatic carbocycles. The fourth-order valence-electron chi connectivity index (χ4n) is 2.79. The molecule has 25 heavy (non-hydrogen) atoms. The van der Waals surface area contributed by atoms with Gasteiger partial charge in [0.1, 0.15) is 17.3 Å². The zero-order chi connectivity index (χ0) is 18.2. The number of carbonyl (C=O) groups is 1. The minimum absolute atomic E-state index is 0.00902. The van der Waals surface area contributed by atoms with Crippen molar-refractivity contribution in [2.45, 2.75) is 24.7 Å². The number of anilines is 2. The summed E-state index contributed by atoms with van der Waals surface area (Å²) in [5.41, 5.74) is 0.504. The van der Waals surface area contributed by atoms with Crippen molar-refractivity contribution in [1.82, 2.24) is 0 Å². The van der Waals surface area contributed by atoms with Crippen LogP contribution in [-0.2, 0) is 14.8 Å². The number of nitrogens with zero attached hydrogens (tertiary/aromatic N) is 1. The normalized spacial score (nSPS) is 14.8. The average molecular weight is 366 g/mol. The maximum Gasteiger partial charge on any atom is 0.262 e. The minimum atomic E-state index is -4.17. The minimum Gasteiger partial charge on any atom is -0.312 e. The number of para-hydroxylation sites is 1. The van der Waals surface area contributed by atoms with E-state index in [0.717, 1.165) is 24.6 Å². The Morgan fingerprint density at radius 2 is 1.80 bits per heavy atom. The van der Waals surface area contributed by atoms with Crippen molar-refractivity contribution in [3.05, 3.63) is 53.6 Å². The highest BCUT2D eigenvalue weighted by molar-refractivity contribution is 7.92. The molecule has 8 heteroatoms. The number of aryl methyl sites for hydroxylation is 1. The molecule has 1 aliphatic rings. The molecule has 0 spiro atoms. The molecular formula is C17H16F2N2O3S. The maximum absolute atomic E-state index is 13.7. The quantitative estimate of drug-likeness (QED) is 0.904. The number of hydrogen-bond acceptors (Lipinski definition) is 3. The SMILES string of the molecule is Cc1cc(S(=O)(=O)Nc2c(F)cccc2F)ccc1N1CCCC1=O. The number of carbonyl (C=O) groups excluding carboxylic acids is 1. The van der Waals surface area contributed by atoms with Gasteiger partial charge in [0, 0.05) is 18.7 Å². The third kappa shape index (κ3) is 3.34. The van der Waals surface area contributed by atoms with Crippen LogP contribution in [-0.4, -0.2) is 20.9 Å². The largest absolute Gasteiger partial charge is 0.312 e. The Hall–Kier alpha value is -2.48. The summed E-state index contributed by atoms with van der Waals surface area (Å²) in [5, 5.41) is 0. The van der Waals surface area contributed by atoms with Crippen LogP contribution in [0.1, 0.15) is 18.4 Å². The second-order valence-corrected chi connectivity index (χ2v) is 7.48. The molecule has 2 aromatic rings. The van der Waals surface area contributed by atoms with Gasteiger partial charge in [0.2, 0.25) is 5.91 Å². The summed E-state index contributed by atoms with van der Waals surface area (Å²) in [7, 11) is -4.17. The van der Waals surface area contributed by atoms with E-state index >= 15 is 0 Å². The second kappa shape index (κ2) is 6.44. The van der Waals surface area contributed by atoms with E-state index in [9.17, 15) is 22.0 Å². The van der Waals surface area contributed by atoms with Gasteiger partial charge in [-0.2, -0.15) is 0 Å². The van der Waals surface area contributed by atoms with Gasteiger partial charge in [-0.3, -0.25) is 9.52 Å². The van der Waals surface area contributed by atoms with Gasteiger partial charge in [-0.15, -0.1) is 0 Å². The number of halogens is 2. The molecule has 0 bridgehead atoms. The van der Waals surface area contributed by atoms with Crippen molar-refractivity contribution in [3.63, 3.8) is 0 Å². The molecule has 5 nitrogen and oxygen atoms in total. The van der Waals surface area contributed by atoms with Crippen LogP contribution in [0.3, 0.4) is 0 Å². The van der Waals surface area contributed by atoms with Crippen molar-refractivity contribution in [3.8, 4) is 0 Å². The monoisotopic (exact) mass is 366 g/mol. The van der Waals surface area contributed by atoms with Crippen molar-refractivity contribution in [2.24, 2.45) is 0 Å². The predicted molar refractivity (Wildman–Crippen MR) is 89.9 cm³/mol. The van der Waals surface area contributed by atoms with Gasteiger partial charge in [-0.25, -0.2) is 17.2 Å². The molecule has 0 radical (unpaired) electrons. The molecule has 0 unspecified atom stereocenters. The third-order valence-corrected chi connectivity index (χ3v) is 5.39. The molecule has 3 rings (SSSR count). The van der Waals surface area contributed by atoms with Crippen molar-refractivity contribution >= 4 is 27.3 Å². The lowest BCUT2D eigenvalue weighted by Crippen LogP contribution is -2.24. The van der Waals surface area contributed by atoms with Gasteiger partial charge in [-0.1, -0.05) is 6.07 Å². The Balaban J connectivity index is 1.93. The van der Waals surface area contributed by atoms with Crippen molar-refractivity contribution in [2.75, 3.05) is 16.2 Å². The summed E-state index contributed by atoms with van der Waals surface area (Å²) < 4.78 is 54.2. The fraction of sp³-hybridized carbons (Fsp3) is 0.235. The summed E-state index contributed by atoms with van der Waals surface area (Å²) in [5.74, 6) is -2.01. The standard InChI is InChI=1S/C17H16F2N2O3S/c1-11-10-12(7-8-15(11)21-9-3-6-16(21)22)25(23,24)20-17-13(18)4-2-5-14(17)19/h2,4-5,7-8,10,20H,3,6,9H2,1H3. The molecule has 132 valence electrons. The predicted octanol–water partition coefficient (Wildman–Crippen LogP) is 3.20. The van der Waals surface area contributed by atoms with Gasteiger partial charge < -0.3 is 4.90 Å². The Bertz CT molecular complexity index is 925. The number of sulfonamides is 1. The van der Waals surface area contributed by atoms with Crippen LogP contribution in [0.5, 0.6) is 0 Å². The zero-order valence-electron chi connectivity index (χ0n) is 13.4. The van der Waals surface area contributed by atoms with Crippen molar-refractivity contribution in [1.29, 1.82) is 0 Å². The number of rotatable bonds is 4. The lowest BCUT2D eigenvalue weighted by molar-refractivity contribution is -0.117. The first-order chi connectivity index (χ1) is 11.8. The van der Waals surface area contributed by atoms with Crippen LogP contribution in [0.4, 0.5) is 20.2 Å². The second-order valence-electron chi connectivity index (χ2n) is 5.80. The van der Waals surface area contributed by atoms with E-state index in [-0.39, 0.29) is 10.8 Å². The molecule has 0 aromatic heterocycles. The highest BCUT2D eigenvalue weighted by Gasteiger charge is 2.25. The maximum atomic E-state index is 13.7. The van der Waals surface area contributed by atoms with Crippen LogP contribution in [0.2, 0.25) is 0 Å². The molecular weight excluding hydrogens is 350 g/mol. The van der Waals surface area contributed by atoms with Crippen molar-refractivity contribution < 1.29 is 22.0 Å². The van der Waals surface area contributed by atoms with Crippen LogP contribution >= 0.6 is 0 Å². The Morgan fingerprint density at radius 3 is 2.36 bits per heavy atom. The third-order valence-electron chi connectivity index (χ3n) is 4.04. The lowest BCUT2D eigenvalue weighted by Gasteiger charge is -2.19. The molecule has 0 saturated carbocycles. The molecule has 1 aliphatic heterocycles. The topological polar surface area (TPSA) is 66.5 Å². The smallest absolute Gasteiger partial charge is 0.262 e. The van der Waals surface area contributed by atoms with E-state index < -0.39 is 27.3 Å². The van der Waals surface area contributed by atoms with E-state index in [2.05, 4.69) is 0 Å². The Labute approximate surface area is 144 Å². The van der Waals surface area contributed by atoms with E-state index in [1.54, 1.807) is 11.8 Å². The van der Waals surface area contributed by atoms with Crippen LogP contribution in [0.25, 0.3) is 0 Å². The lowest BCUT2D eigenvalue weighted by atomic mass is 10.2. The Kier molecular flexibility index (Phi) is 4.47. The highest BCUT2D eigenvalue weighted by atomic mass is 32.2. The fourth-order valence-corrected chi connectivity index (χ4v) is 3.95. The van der Waals surface area contributed by atoms with E-state index in [1.807, 2.05) is 4.72 Å². The average Bonchev–Trinajstić information content (AvgIpc) is 2.97. The van der Waals surface area contributed by atoms with Crippen LogP contribution < -0.4 is 9.62 Å². The first kappa shape index (κ1) is 17.3. The molecule has 1 saturated heterocycles. The summed E-state index contributed by atoms with van der Waals surface area (Å²) in [4.78, 5) is 13.3. The number of nitrogens with one attached hydrogen (secondary N) is 1. The Morgan fingerprint density at radius 1 is 1.12 bits per heavy atom. The number of amides is 1. The van der Waals surface area contributed by atoms with Crippen LogP contribution in [0, 0.1) is 18.6 Å². The number of hydrogen-bond donors (Lipinski definition) is 1. The van der Waals surface area contributed by atoms with Gasteiger partial charge in [0.15, 0.2) is 0 Å². The highest BCUT2D eigenvalue weighted by Crippen LogP contribution is 2.28. The summed E-state index contributed by atoms with van der Waals surface area (Å²) in [6, 6.07) is 7.30.